The Morgan fingerprint density at radius 1 is 1.44 bits per heavy atom. The molecule has 0 saturated carbocycles. The van der Waals surface area contributed by atoms with Gasteiger partial charge in [-0.05, 0) is 32.9 Å². The first-order valence-corrected chi connectivity index (χ1v) is 6.04. The molecule has 0 bridgehead atoms. The molecule has 90 valence electrons. The van der Waals surface area contributed by atoms with Crippen molar-refractivity contribution >= 4 is 11.6 Å². The second kappa shape index (κ2) is 6.71. The fraction of sp³-hybridized carbons (Fsp3) is 0.583. The van der Waals surface area contributed by atoms with Crippen LogP contribution in [0, 0.1) is 0 Å². The van der Waals surface area contributed by atoms with Gasteiger partial charge in [0.15, 0.2) is 0 Å². The lowest BCUT2D eigenvalue weighted by Crippen LogP contribution is -2.16. The van der Waals surface area contributed by atoms with E-state index in [-0.39, 0.29) is 6.10 Å². The molecule has 1 heterocycles. The number of hydrogen-bond acceptors (Lipinski definition) is 3. The first kappa shape index (κ1) is 13.3. The molecule has 4 heteroatoms. The summed E-state index contributed by atoms with van der Waals surface area (Å²) in [6.07, 6.45) is 1.23. The van der Waals surface area contributed by atoms with Crippen LogP contribution in [0.2, 0.25) is 5.02 Å². The van der Waals surface area contributed by atoms with Crippen molar-refractivity contribution in [2.75, 3.05) is 6.54 Å². The van der Waals surface area contributed by atoms with E-state index < -0.39 is 0 Å². The van der Waals surface area contributed by atoms with Gasteiger partial charge in [0.25, 0.3) is 0 Å². The molecule has 1 rings (SSSR count). The molecule has 0 aliphatic carbocycles. The van der Waals surface area contributed by atoms with Crippen LogP contribution in [0.4, 0.5) is 0 Å². The van der Waals surface area contributed by atoms with E-state index in [4.69, 9.17) is 16.3 Å². The van der Waals surface area contributed by atoms with Crippen LogP contribution in [0.1, 0.15) is 32.9 Å². The zero-order valence-electron chi connectivity index (χ0n) is 10.1. The quantitative estimate of drug-likeness (QED) is 0.779. The van der Waals surface area contributed by atoms with Gasteiger partial charge in [0, 0.05) is 12.6 Å². The Morgan fingerprint density at radius 3 is 2.81 bits per heavy atom. The fourth-order valence-electron chi connectivity index (χ4n) is 1.28. The van der Waals surface area contributed by atoms with Crippen molar-refractivity contribution in [2.45, 2.75) is 39.8 Å². The third-order valence-electron chi connectivity index (χ3n) is 1.97. The third-order valence-corrected chi connectivity index (χ3v) is 2.31. The van der Waals surface area contributed by atoms with Crippen LogP contribution in [0.5, 0.6) is 5.88 Å². The van der Waals surface area contributed by atoms with Crippen molar-refractivity contribution in [1.82, 2.24) is 10.3 Å². The summed E-state index contributed by atoms with van der Waals surface area (Å²) in [5.74, 6) is 0.632. The largest absolute Gasteiger partial charge is 0.475 e. The van der Waals surface area contributed by atoms with E-state index in [9.17, 15) is 0 Å². The standard InChI is InChI=1S/C12H19ClN2O/c1-4-7-14-8-11-10(13)5-6-12(15-11)16-9(2)3/h5-6,9,14H,4,7-8H2,1-3H3. The minimum atomic E-state index is 0.130. The van der Waals surface area contributed by atoms with Gasteiger partial charge in [-0.3, -0.25) is 0 Å². The molecule has 0 unspecified atom stereocenters. The summed E-state index contributed by atoms with van der Waals surface area (Å²) in [4.78, 5) is 4.37. The molecule has 0 aliphatic rings. The van der Waals surface area contributed by atoms with Crippen molar-refractivity contribution in [3.63, 3.8) is 0 Å². The van der Waals surface area contributed by atoms with Crippen molar-refractivity contribution in [1.29, 1.82) is 0 Å². The predicted molar refractivity (Wildman–Crippen MR) is 67.0 cm³/mol. The molecule has 0 atom stereocenters. The number of pyridine rings is 1. The first-order chi connectivity index (χ1) is 7.63. The van der Waals surface area contributed by atoms with Crippen LogP contribution in [-0.4, -0.2) is 17.6 Å². The molecule has 0 spiro atoms. The van der Waals surface area contributed by atoms with Gasteiger partial charge in [-0.2, -0.15) is 0 Å². The highest BCUT2D eigenvalue weighted by Crippen LogP contribution is 2.18. The minimum absolute atomic E-state index is 0.130. The maximum absolute atomic E-state index is 6.05. The SMILES string of the molecule is CCCNCc1nc(OC(C)C)ccc1Cl. The van der Waals surface area contributed by atoms with E-state index in [0.29, 0.717) is 17.4 Å². The second-order valence-corrected chi connectivity index (χ2v) is 4.33. The van der Waals surface area contributed by atoms with E-state index >= 15 is 0 Å². The van der Waals surface area contributed by atoms with Gasteiger partial charge in [0.1, 0.15) is 0 Å². The number of ether oxygens (including phenoxy) is 1. The summed E-state index contributed by atoms with van der Waals surface area (Å²) >= 11 is 6.05. The molecule has 0 radical (unpaired) electrons. The van der Waals surface area contributed by atoms with Crippen LogP contribution in [0.25, 0.3) is 0 Å². The zero-order valence-corrected chi connectivity index (χ0v) is 10.8. The summed E-state index contributed by atoms with van der Waals surface area (Å²) in [6, 6.07) is 3.63. The lowest BCUT2D eigenvalue weighted by atomic mass is 10.3. The molecule has 1 N–H and O–H groups in total. The van der Waals surface area contributed by atoms with Crippen LogP contribution < -0.4 is 10.1 Å². The summed E-state index contributed by atoms with van der Waals surface area (Å²) in [5.41, 5.74) is 0.841. The molecule has 16 heavy (non-hydrogen) atoms. The third kappa shape index (κ3) is 4.37. The van der Waals surface area contributed by atoms with Gasteiger partial charge in [-0.1, -0.05) is 18.5 Å². The Balaban J connectivity index is 2.66. The van der Waals surface area contributed by atoms with Gasteiger partial charge in [0.05, 0.1) is 16.8 Å². The van der Waals surface area contributed by atoms with E-state index in [1.807, 2.05) is 19.9 Å². The smallest absolute Gasteiger partial charge is 0.213 e. The van der Waals surface area contributed by atoms with E-state index in [1.165, 1.54) is 0 Å². The minimum Gasteiger partial charge on any atom is -0.475 e. The Hall–Kier alpha value is -0.800. The fourth-order valence-corrected chi connectivity index (χ4v) is 1.45. The Bertz CT molecular complexity index is 329. The normalized spacial score (nSPS) is 10.8. The number of halogens is 1. The topological polar surface area (TPSA) is 34.2 Å². The second-order valence-electron chi connectivity index (χ2n) is 3.92. The summed E-state index contributed by atoms with van der Waals surface area (Å²) in [7, 11) is 0. The van der Waals surface area contributed by atoms with Crippen LogP contribution in [-0.2, 0) is 6.54 Å². The van der Waals surface area contributed by atoms with E-state index in [1.54, 1.807) is 6.07 Å². The maximum Gasteiger partial charge on any atom is 0.213 e. The number of nitrogens with zero attached hydrogens (tertiary/aromatic N) is 1. The number of nitrogens with one attached hydrogen (secondary N) is 1. The van der Waals surface area contributed by atoms with Gasteiger partial charge < -0.3 is 10.1 Å². The number of rotatable bonds is 6. The van der Waals surface area contributed by atoms with Gasteiger partial charge in [0.2, 0.25) is 5.88 Å². The highest BCUT2D eigenvalue weighted by molar-refractivity contribution is 6.31. The predicted octanol–water partition coefficient (Wildman–Crippen LogP) is 3.02. The molecule has 0 aliphatic heterocycles. The molecule has 1 aromatic heterocycles. The molecule has 0 aromatic carbocycles. The highest BCUT2D eigenvalue weighted by atomic mass is 35.5. The van der Waals surface area contributed by atoms with Gasteiger partial charge in [-0.25, -0.2) is 4.98 Å². The van der Waals surface area contributed by atoms with Crippen molar-refractivity contribution in [3.8, 4) is 5.88 Å². The summed E-state index contributed by atoms with van der Waals surface area (Å²) in [5, 5.41) is 3.95. The number of hydrogen-bond donors (Lipinski definition) is 1. The molecule has 0 fully saturated rings. The molecule has 0 saturated heterocycles. The average Bonchev–Trinajstić information content (AvgIpc) is 2.22. The average molecular weight is 243 g/mol. The first-order valence-electron chi connectivity index (χ1n) is 5.66. The molecule has 1 aromatic rings. The number of aromatic nitrogens is 1. The Morgan fingerprint density at radius 2 is 2.19 bits per heavy atom. The van der Waals surface area contributed by atoms with Crippen LogP contribution >= 0.6 is 11.6 Å². The lowest BCUT2D eigenvalue weighted by Gasteiger charge is -2.11. The maximum atomic E-state index is 6.05. The van der Waals surface area contributed by atoms with E-state index in [2.05, 4.69) is 17.2 Å². The summed E-state index contributed by atoms with van der Waals surface area (Å²) in [6.45, 7) is 7.73. The van der Waals surface area contributed by atoms with E-state index in [0.717, 1.165) is 18.7 Å². The van der Waals surface area contributed by atoms with Crippen LogP contribution in [0.15, 0.2) is 12.1 Å². The molecular formula is C12H19ClN2O. The van der Waals surface area contributed by atoms with Crippen molar-refractivity contribution in [2.24, 2.45) is 0 Å². The summed E-state index contributed by atoms with van der Waals surface area (Å²) < 4.78 is 5.52. The van der Waals surface area contributed by atoms with Gasteiger partial charge >= 0.3 is 0 Å². The van der Waals surface area contributed by atoms with Crippen molar-refractivity contribution in [3.05, 3.63) is 22.8 Å². The molecule has 3 nitrogen and oxygen atoms in total. The molecule has 0 amide bonds. The Labute approximate surface area is 102 Å². The van der Waals surface area contributed by atoms with Crippen LogP contribution in [0.3, 0.4) is 0 Å². The highest BCUT2D eigenvalue weighted by Gasteiger charge is 2.05. The van der Waals surface area contributed by atoms with Gasteiger partial charge in [-0.15, -0.1) is 0 Å². The lowest BCUT2D eigenvalue weighted by molar-refractivity contribution is 0.232. The Kier molecular flexibility index (Phi) is 5.56. The monoisotopic (exact) mass is 242 g/mol. The molecular weight excluding hydrogens is 224 g/mol. The van der Waals surface area contributed by atoms with Crippen molar-refractivity contribution < 1.29 is 4.74 Å². The zero-order chi connectivity index (χ0) is 12.0.